The number of piperidine rings is 1. The third-order valence-electron chi connectivity index (χ3n) is 3.54. The molecule has 106 valence electrons. The number of halogens is 1. The fourth-order valence-electron chi connectivity index (χ4n) is 2.46. The molecular weight excluding hydrogens is 243 g/mol. The first-order chi connectivity index (χ1) is 9.28. The van der Waals surface area contributed by atoms with Crippen molar-refractivity contribution in [1.29, 1.82) is 0 Å². The van der Waals surface area contributed by atoms with Crippen molar-refractivity contribution in [2.75, 3.05) is 38.1 Å². The lowest BCUT2D eigenvalue weighted by atomic mass is 10.1. The van der Waals surface area contributed by atoms with Crippen LogP contribution in [0, 0.1) is 5.82 Å². The van der Waals surface area contributed by atoms with Gasteiger partial charge in [0.2, 0.25) is 0 Å². The third kappa shape index (κ3) is 4.80. The molecule has 0 unspecified atom stereocenters. The molecule has 1 aliphatic rings. The summed E-state index contributed by atoms with van der Waals surface area (Å²) in [5.74, 6) is -0.191. The molecule has 1 aromatic rings. The monoisotopic (exact) mass is 266 g/mol. The highest BCUT2D eigenvalue weighted by molar-refractivity contribution is 5.42. The normalized spacial score (nSPS) is 17.6. The summed E-state index contributed by atoms with van der Waals surface area (Å²) in [6.07, 6.45) is 2.71. The highest BCUT2D eigenvalue weighted by Gasteiger charge is 2.18. The van der Waals surface area contributed by atoms with Crippen molar-refractivity contribution >= 4 is 5.69 Å². The number of hydrogen-bond acceptors (Lipinski definition) is 3. The lowest BCUT2D eigenvalue weighted by Gasteiger charge is -2.31. The number of hydrogen-bond donors (Lipinski definition) is 1. The number of likely N-dealkylation sites (tertiary alicyclic amines) is 1. The van der Waals surface area contributed by atoms with Gasteiger partial charge in [-0.15, -0.1) is 0 Å². The minimum absolute atomic E-state index is 0.191. The number of nitrogens with one attached hydrogen (secondary N) is 1. The predicted octanol–water partition coefficient (Wildman–Crippen LogP) is 2.74. The van der Waals surface area contributed by atoms with Gasteiger partial charge in [0, 0.05) is 38.5 Å². The van der Waals surface area contributed by atoms with Crippen LogP contribution in [0.4, 0.5) is 10.1 Å². The lowest BCUT2D eigenvalue weighted by molar-refractivity contribution is 0.0152. The van der Waals surface area contributed by atoms with Crippen LogP contribution in [-0.4, -0.2) is 43.8 Å². The maximum Gasteiger partial charge on any atom is 0.123 e. The van der Waals surface area contributed by atoms with Crippen molar-refractivity contribution in [3.63, 3.8) is 0 Å². The van der Waals surface area contributed by atoms with Gasteiger partial charge in [-0.2, -0.15) is 0 Å². The molecule has 1 aromatic carbocycles. The van der Waals surface area contributed by atoms with E-state index < -0.39 is 0 Å². The molecule has 1 saturated heterocycles. The van der Waals surface area contributed by atoms with Crippen molar-refractivity contribution < 1.29 is 9.13 Å². The maximum atomic E-state index is 12.8. The molecule has 0 spiro atoms. The molecule has 0 amide bonds. The summed E-state index contributed by atoms with van der Waals surface area (Å²) in [5.41, 5.74) is 0.977. The van der Waals surface area contributed by atoms with E-state index >= 15 is 0 Å². The maximum absolute atomic E-state index is 12.8. The third-order valence-corrected chi connectivity index (χ3v) is 3.54. The Morgan fingerprint density at radius 2 is 1.95 bits per heavy atom. The number of ether oxygens (including phenoxy) is 1. The van der Waals surface area contributed by atoms with Crippen LogP contribution in [0.15, 0.2) is 24.3 Å². The van der Waals surface area contributed by atoms with E-state index in [2.05, 4.69) is 17.1 Å². The van der Waals surface area contributed by atoms with E-state index in [-0.39, 0.29) is 5.82 Å². The molecule has 0 saturated carbocycles. The van der Waals surface area contributed by atoms with Crippen LogP contribution in [0.3, 0.4) is 0 Å². The summed E-state index contributed by atoms with van der Waals surface area (Å²) >= 11 is 0. The van der Waals surface area contributed by atoms with Gasteiger partial charge in [0.15, 0.2) is 0 Å². The van der Waals surface area contributed by atoms with E-state index in [1.807, 2.05) is 0 Å². The molecular formula is C15H23FN2O. The van der Waals surface area contributed by atoms with Gasteiger partial charge in [0.05, 0.1) is 6.10 Å². The van der Waals surface area contributed by atoms with Gasteiger partial charge in [-0.05, 0) is 44.0 Å². The quantitative estimate of drug-likeness (QED) is 0.857. The topological polar surface area (TPSA) is 24.5 Å². The summed E-state index contributed by atoms with van der Waals surface area (Å²) in [6.45, 7) is 7.00. The second-order valence-electron chi connectivity index (χ2n) is 4.93. The van der Waals surface area contributed by atoms with Crippen molar-refractivity contribution in [3.8, 4) is 0 Å². The molecule has 1 fully saturated rings. The molecule has 0 aromatic heterocycles. The number of rotatable bonds is 6. The minimum Gasteiger partial charge on any atom is -0.384 e. The number of benzene rings is 1. The Bertz CT molecular complexity index is 361. The Morgan fingerprint density at radius 3 is 2.58 bits per heavy atom. The largest absolute Gasteiger partial charge is 0.384 e. The number of nitrogens with zero attached hydrogens (tertiary/aromatic N) is 1. The standard InChI is InChI=1S/C15H23FN2O/c1-2-19-15-7-10-18(11-8-15)12-9-17-14-5-3-13(16)4-6-14/h3-6,15,17H,2,7-12H2,1H3. The zero-order valence-corrected chi connectivity index (χ0v) is 11.6. The highest BCUT2D eigenvalue weighted by Crippen LogP contribution is 2.13. The first kappa shape index (κ1) is 14.3. The van der Waals surface area contributed by atoms with Crippen LogP contribution >= 0.6 is 0 Å². The molecule has 0 bridgehead atoms. The summed E-state index contributed by atoms with van der Waals surface area (Å²) < 4.78 is 18.4. The van der Waals surface area contributed by atoms with Crippen LogP contribution in [0.25, 0.3) is 0 Å². The Labute approximate surface area is 114 Å². The van der Waals surface area contributed by atoms with Gasteiger partial charge in [0.1, 0.15) is 5.82 Å². The Kier molecular flexibility index (Phi) is 5.61. The first-order valence-corrected chi connectivity index (χ1v) is 7.11. The molecule has 0 atom stereocenters. The van der Waals surface area contributed by atoms with Crippen LogP contribution in [0.5, 0.6) is 0 Å². The number of anilines is 1. The fourth-order valence-corrected chi connectivity index (χ4v) is 2.46. The summed E-state index contributed by atoms with van der Waals surface area (Å²) in [6, 6.07) is 6.51. The van der Waals surface area contributed by atoms with E-state index in [0.29, 0.717) is 6.10 Å². The van der Waals surface area contributed by atoms with Crippen molar-refractivity contribution in [2.24, 2.45) is 0 Å². The molecule has 1 heterocycles. The fraction of sp³-hybridized carbons (Fsp3) is 0.600. The predicted molar refractivity (Wildman–Crippen MR) is 76.0 cm³/mol. The highest BCUT2D eigenvalue weighted by atomic mass is 19.1. The Morgan fingerprint density at radius 1 is 1.26 bits per heavy atom. The molecule has 1 N–H and O–H groups in total. The SMILES string of the molecule is CCOC1CCN(CCNc2ccc(F)cc2)CC1. The van der Waals surface area contributed by atoms with Gasteiger partial charge in [0.25, 0.3) is 0 Å². The van der Waals surface area contributed by atoms with Gasteiger partial charge >= 0.3 is 0 Å². The van der Waals surface area contributed by atoms with Crippen LogP contribution in [-0.2, 0) is 4.74 Å². The second-order valence-corrected chi connectivity index (χ2v) is 4.93. The molecule has 3 nitrogen and oxygen atoms in total. The van der Waals surface area contributed by atoms with E-state index in [0.717, 1.165) is 51.3 Å². The van der Waals surface area contributed by atoms with Crippen molar-refractivity contribution in [3.05, 3.63) is 30.1 Å². The molecule has 4 heteroatoms. The minimum atomic E-state index is -0.191. The van der Waals surface area contributed by atoms with Crippen molar-refractivity contribution in [1.82, 2.24) is 4.90 Å². The average molecular weight is 266 g/mol. The second kappa shape index (κ2) is 7.46. The summed E-state index contributed by atoms with van der Waals surface area (Å²) in [5, 5.41) is 3.32. The zero-order chi connectivity index (χ0) is 13.5. The van der Waals surface area contributed by atoms with Gasteiger partial charge < -0.3 is 15.0 Å². The van der Waals surface area contributed by atoms with Crippen molar-refractivity contribution in [2.45, 2.75) is 25.9 Å². The molecule has 0 aliphatic carbocycles. The summed E-state index contributed by atoms with van der Waals surface area (Å²) in [4.78, 5) is 2.45. The molecule has 1 aliphatic heterocycles. The van der Waals surface area contributed by atoms with E-state index in [4.69, 9.17) is 4.74 Å². The first-order valence-electron chi connectivity index (χ1n) is 7.11. The molecule has 19 heavy (non-hydrogen) atoms. The average Bonchev–Trinajstić information content (AvgIpc) is 2.43. The lowest BCUT2D eigenvalue weighted by Crippen LogP contribution is -2.39. The Balaban J connectivity index is 1.63. The van der Waals surface area contributed by atoms with Gasteiger partial charge in [-0.25, -0.2) is 4.39 Å². The zero-order valence-electron chi connectivity index (χ0n) is 11.6. The van der Waals surface area contributed by atoms with Crippen LogP contribution in [0.2, 0.25) is 0 Å². The smallest absolute Gasteiger partial charge is 0.123 e. The van der Waals surface area contributed by atoms with Gasteiger partial charge in [-0.3, -0.25) is 0 Å². The van der Waals surface area contributed by atoms with Crippen LogP contribution < -0.4 is 5.32 Å². The van der Waals surface area contributed by atoms with Crippen LogP contribution in [0.1, 0.15) is 19.8 Å². The van der Waals surface area contributed by atoms with E-state index in [1.165, 1.54) is 12.1 Å². The van der Waals surface area contributed by atoms with E-state index in [9.17, 15) is 4.39 Å². The van der Waals surface area contributed by atoms with Gasteiger partial charge in [-0.1, -0.05) is 0 Å². The Hall–Kier alpha value is -1.13. The molecule has 2 rings (SSSR count). The molecule has 0 radical (unpaired) electrons. The van der Waals surface area contributed by atoms with E-state index in [1.54, 1.807) is 12.1 Å². The summed E-state index contributed by atoms with van der Waals surface area (Å²) in [7, 11) is 0.